The molecule has 0 aromatic carbocycles. The molecular formula is C12H18N4O2. The van der Waals surface area contributed by atoms with Gasteiger partial charge in [-0.05, 0) is 5.92 Å². The normalized spacial score (nSPS) is 12.3. The third-order valence-electron chi connectivity index (χ3n) is 2.61. The maximum absolute atomic E-state index is 11.9. The SMILES string of the molecule is CC(C)[C@H](N)C(=O)N(C)CC(=O)c1cnccn1. The van der Waals surface area contributed by atoms with Gasteiger partial charge >= 0.3 is 0 Å². The lowest BCUT2D eigenvalue weighted by atomic mass is 10.0. The first kappa shape index (κ1) is 14.2. The van der Waals surface area contributed by atoms with E-state index in [9.17, 15) is 9.59 Å². The number of amides is 1. The van der Waals surface area contributed by atoms with Gasteiger partial charge in [-0.2, -0.15) is 0 Å². The highest BCUT2D eigenvalue weighted by Crippen LogP contribution is 2.03. The lowest BCUT2D eigenvalue weighted by Gasteiger charge is -2.22. The van der Waals surface area contributed by atoms with E-state index >= 15 is 0 Å². The fourth-order valence-corrected chi connectivity index (χ4v) is 1.36. The first-order chi connectivity index (χ1) is 8.43. The highest BCUT2D eigenvalue weighted by Gasteiger charge is 2.23. The second kappa shape index (κ2) is 6.20. The van der Waals surface area contributed by atoms with Gasteiger partial charge in [0.15, 0.2) is 0 Å². The number of rotatable bonds is 5. The summed E-state index contributed by atoms with van der Waals surface area (Å²) in [5.74, 6) is -0.469. The summed E-state index contributed by atoms with van der Waals surface area (Å²) in [4.78, 5) is 32.7. The third-order valence-corrected chi connectivity index (χ3v) is 2.61. The topological polar surface area (TPSA) is 89.2 Å². The molecule has 1 aromatic rings. The molecule has 0 bridgehead atoms. The Labute approximate surface area is 106 Å². The van der Waals surface area contributed by atoms with Gasteiger partial charge in [0.25, 0.3) is 0 Å². The summed E-state index contributed by atoms with van der Waals surface area (Å²) < 4.78 is 0. The van der Waals surface area contributed by atoms with Crippen LogP contribution < -0.4 is 5.73 Å². The number of hydrogen-bond donors (Lipinski definition) is 1. The molecule has 0 saturated heterocycles. The quantitative estimate of drug-likeness (QED) is 0.749. The standard InChI is InChI=1S/C12H18N4O2/c1-8(2)11(13)12(18)16(3)7-10(17)9-6-14-4-5-15-9/h4-6,8,11H,7,13H2,1-3H3/t11-/m0/s1. The summed E-state index contributed by atoms with van der Waals surface area (Å²) in [5.41, 5.74) is 5.99. The summed E-state index contributed by atoms with van der Waals surface area (Å²) in [7, 11) is 1.55. The number of aromatic nitrogens is 2. The zero-order chi connectivity index (χ0) is 13.7. The smallest absolute Gasteiger partial charge is 0.239 e. The van der Waals surface area contributed by atoms with E-state index in [2.05, 4.69) is 9.97 Å². The number of nitrogens with two attached hydrogens (primary N) is 1. The minimum absolute atomic E-state index is 0.0339. The predicted molar refractivity (Wildman–Crippen MR) is 66.8 cm³/mol. The molecule has 0 aliphatic heterocycles. The Bertz CT molecular complexity index is 419. The fourth-order valence-electron chi connectivity index (χ4n) is 1.36. The lowest BCUT2D eigenvalue weighted by molar-refractivity contribution is -0.131. The van der Waals surface area contributed by atoms with Gasteiger partial charge in [0, 0.05) is 19.4 Å². The second-order valence-electron chi connectivity index (χ2n) is 4.48. The number of ketones is 1. The van der Waals surface area contributed by atoms with Gasteiger partial charge in [0.05, 0.1) is 18.8 Å². The number of nitrogens with zero attached hydrogens (tertiary/aromatic N) is 3. The van der Waals surface area contributed by atoms with Crippen LogP contribution in [0.2, 0.25) is 0 Å². The molecule has 0 radical (unpaired) electrons. The van der Waals surface area contributed by atoms with Crippen LogP contribution >= 0.6 is 0 Å². The van der Waals surface area contributed by atoms with Crippen LogP contribution in [0.1, 0.15) is 24.3 Å². The minimum atomic E-state index is -0.593. The van der Waals surface area contributed by atoms with E-state index in [-0.39, 0.29) is 29.8 Å². The van der Waals surface area contributed by atoms with Crippen LogP contribution in [0.25, 0.3) is 0 Å². The Hall–Kier alpha value is -1.82. The molecule has 98 valence electrons. The first-order valence-corrected chi connectivity index (χ1v) is 5.73. The summed E-state index contributed by atoms with van der Waals surface area (Å²) in [6, 6.07) is -0.593. The number of carbonyl (C=O) groups is 2. The molecule has 0 spiro atoms. The van der Waals surface area contributed by atoms with Crippen molar-refractivity contribution in [2.75, 3.05) is 13.6 Å². The summed E-state index contributed by atoms with van der Waals surface area (Å²) >= 11 is 0. The van der Waals surface area contributed by atoms with E-state index in [4.69, 9.17) is 5.73 Å². The van der Waals surface area contributed by atoms with Crippen LogP contribution in [0.3, 0.4) is 0 Å². The van der Waals surface area contributed by atoms with Gasteiger partial charge in [-0.25, -0.2) is 4.98 Å². The van der Waals surface area contributed by atoms with Crippen molar-refractivity contribution in [1.29, 1.82) is 0 Å². The number of Topliss-reactive ketones (excluding diaryl/α,β-unsaturated/α-hetero) is 1. The summed E-state index contributed by atoms with van der Waals surface area (Å²) in [6.07, 6.45) is 4.30. The molecular weight excluding hydrogens is 232 g/mol. The Morgan fingerprint density at radius 1 is 1.39 bits per heavy atom. The molecule has 1 amide bonds. The fraction of sp³-hybridized carbons (Fsp3) is 0.500. The van der Waals surface area contributed by atoms with Crippen molar-refractivity contribution in [3.05, 3.63) is 24.3 Å². The molecule has 1 atom stereocenters. The van der Waals surface area contributed by atoms with Crippen molar-refractivity contribution < 1.29 is 9.59 Å². The zero-order valence-corrected chi connectivity index (χ0v) is 10.8. The predicted octanol–water partition coefficient (Wildman–Crippen LogP) is 0.101. The maximum atomic E-state index is 11.9. The molecule has 2 N–H and O–H groups in total. The van der Waals surface area contributed by atoms with Gasteiger partial charge < -0.3 is 10.6 Å². The van der Waals surface area contributed by atoms with Crippen molar-refractivity contribution in [2.45, 2.75) is 19.9 Å². The second-order valence-corrected chi connectivity index (χ2v) is 4.48. The third kappa shape index (κ3) is 3.59. The first-order valence-electron chi connectivity index (χ1n) is 5.73. The van der Waals surface area contributed by atoms with Crippen molar-refractivity contribution >= 4 is 11.7 Å². The molecule has 0 saturated carbocycles. The molecule has 0 fully saturated rings. The Morgan fingerprint density at radius 2 is 2.06 bits per heavy atom. The Morgan fingerprint density at radius 3 is 2.56 bits per heavy atom. The summed E-state index contributed by atoms with van der Waals surface area (Å²) in [5, 5.41) is 0. The number of likely N-dealkylation sites (N-methyl/N-ethyl adjacent to an activating group) is 1. The molecule has 1 rings (SSSR count). The average Bonchev–Trinajstić information content (AvgIpc) is 2.37. The van der Waals surface area contributed by atoms with Crippen LogP contribution in [0.5, 0.6) is 0 Å². The monoisotopic (exact) mass is 250 g/mol. The molecule has 1 heterocycles. The van der Waals surface area contributed by atoms with Crippen LogP contribution in [-0.2, 0) is 4.79 Å². The van der Waals surface area contributed by atoms with E-state index in [1.165, 1.54) is 23.5 Å². The van der Waals surface area contributed by atoms with E-state index in [0.717, 1.165) is 0 Å². The van der Waals surface area contributed by atoms with Crippen LogP contribution in [0.4, 0.5) is 0 Å². The Kier molecular flexibility index (Phi) is 4.91. The van der Waals surface area contributed by atoms with Crippen LogP contribution in [-0.4, -0.2) is 46.2 Å². The highest BCUT2D eigenvalue weighted by molar-refractivity contribution is 5.97. The highest BCUT2D eigenvalue weighted by atomic mass is 16.2. The largest absolute Gasteiger partial charge is 0.337 e. The van der Waals surface area contributed by atoms with Gasteiger partial charge in [-0.3, -0.25) is 14.6 Å². The van der Waals surface area contributed by atoms with Gasteiger partial charge in [0.2, 0.25) is 11.7 Å². The molecule has 0 unspecified atom stereocenters. The summed E-state index contributed by atoms with van der Waals surface area (Å²) in [6.45, 7) is 3.68. The minimum Gasteiger partial charge on any atom is -0.337 e. The Balaban J connectivity index is 2.63. The van der Waals surface area contributed by atoms with Crippen LogP contribution in [0, 0.1) is 5.92 Å². The van der Waals surface area contributed by atoms with E-state index < -0.39 is 6.04 Å². The van der Waals surface area contributed by atoms with E-state index in [0.29, 0.717) is 0 Å². The average molecular weight is 250 g/mol. The zero-order valence-electron chi connectivity index (χ0n) is 10.8. The molecule has 0 aliphatic rings. The van der Waals surface area contributed by atoms with Crippen molar-refractivity contribution in [3.63, 3.8) is 0 Å². The van der Waals surface area contributed by atoms with Crippen molar-refractivity contribution in [3.8, 4) is 0 Å². The lowest BCUT2D eigenvalue weighted by Crippen LogP contribution is -2.46. The van der Waals surface area contributed by atoms with E-state index in [1.807, 2.05) is 13.8 Å². The molecule has 6 heteroatoms. The molecule has 6 nitrogen and oxygen atoms in total. The van der Waals surface area contributed by atoms with Gasteiger partial charge in [-0.1, -0.05) is 13.8 Å². The number of hydrogen-bond acceptors (Lipinski definition) is 5. The molecule has 1 aromatic heterocycles. The van der Waals surface area contributed by atoms with Gasteiger partial charge in [-0.15, -0.1) is 0 Å². The van der Waals surface area contributed by atoms with Crippen molar-refractivity contribution in [2.24, 2.45) is 11.7 Å². The number of carbonyl (C=O) groups excluding carboxylic acids is 2. The van der Waals surface area contributed by atoms with Gasteiger partial charge in [0.1, 0.15) is 5.69 Å². The molecule has 18 heavy (non-hydrogen) atoms. The maximum Gasteiger partial charge on any atom is 0.239 e. The van der Waals surface area contributed by atoms with E-state index in [1.54, 1.807) is 7.05 Å². The van der Waals surface area contributed by atoms with Crippen molar-refractivity contribution in [1.82, 2.24) is 14.9 Å². The molecule has 0 aliphatic carbocycles. The van der Waals surface area contributed by atoms with Crippen LogP contribution in [0.15, 0.2) is 18.6 Å².